The van der Waals surface area contributed by atoms with Crippen LogP contribution in [0.15, 0.2) is 122 Å². The molecule has 11 heteroatoms. The third kappa shape index (κ3) is 10.8. The van der Waals surface area contributed by atoms with E-state index >= 15 is 0 Å². The molecule has 0 aliphatic rings. The van der Waals surface area contributed by atoms with Gasteiger partial charge in [0.25, 0.3) is 0 Å². The van der Waals surface area contributed by atoms with E-state index in [1.54, 1.807) is 0 Å². The van der Waals surface area contributed by atoms with Crippen LogP contribution in [0.3, 0.4) is 0 Å². The van der Waals surface area contributed by atoms with E-state index in [0.29, 0.717) is 31.9 Å². The molecule has 0 saturated carbocycles. The number of nitrogens with one attached hydrogen (secondary N) is 2. The van der Waals surface area contributed by atoms with Gasteiger partial charge in [-0.05, 0) is 106 Å². The second-order valence-corrected chi connectivity index (χ2v) is 15.7. The van der Waals surface area contributed by atoms with Crippen LogP contribution >= 0.6 is 0 Å². The van der Waals surface area contributed by atoms with Crippen molar-refractivity contribution in [3.63, 3.8) is 0 Å². The van der Waals surface area contributed by atoms with Crippen molar-refractivity contribution < 1.29 is 14.3 Å². The molecular weight excluding hydrogens is 773 g/mol. The largest absolute Gasteiger partial charge is 0.494 e. The van der Waals surface area contributed by atoms with Crippen LogP contribution in [0.25, 0.3) is 44.3 Å². The summed E-state index contributed by atoms with van der Waals surface area (Å²) in [5.74, 6) is 3.67. The molecule has 4 aromatic heterocycles. The van der Waals surface area contributed by atoms with Crippen molar-refractivity contribution in [3.05, 3.63) is 150 Å². The van der Waals surface area contributed by atoms with Crippen molar-refractivity contribution >= 4 is 39.4 Å². The molecule has 0 amide bonds. The molecule has 2 atom stereocenters. The van der Waals surface area contributed by atoms with E-state index in [1.165, 1.54) is 32.9 Å². The maximum absolute atomic E-state index is 11.5. The zero-order chi connectivity index (χ0) is 43.8. The quantitative estimate of drug-likeness (QED) is 0.0815. The van der Waals surface area contributed by atoms with Crippen LogP contribution in [-0.4, -0.2) is 48.3 Å². The van der Waals surface area contributed by atoms with E-state index in [0.717, 1.165) is 51.3 Å². The minimum absolute atomic E-state index is 0.00980. The van der Waals surface area contributed by atoms with Crippen LogP contribution in [0.4, 0.5) is 11.6 Å². The smallest absolute Gasteiger partial charge is 0.305 e. The van der Waals surface area contributed by atoms with Gasteiger partial charge in [0.2, 0.25) is 0 Å². The average molecular weight is 829 g/mol. The summed E-state index contributed by atoms with van der Waals surface area (Å²) in [5.41, 5.74) is 9.92. The molecule has 2 N–H and O–H groups in total. The summed E-state index contributed by atoms with van der Waals surface area (Å²) >= 11 is 0. The Balaban J connectivity index is 0.000000192. The van der Waals surface area contributed by atoms with Gasteiger partial charge in [0, 0.05) is 73.2 Å². The van der Waals surface area contributed by atoms with Gasteiger partial charge in [0.1, 0.15) is 29.0 Å². The number of fused-ring (bicyclic) bond motifs is 2. The number of anilines is 2. The van der Waals surface area contributed by atoms with Gasteiger partial charge in [-0.3, -0.25) is 4.79 Å². The summed E-state index contributed by atoms with van der Waals surface area (Å²) < 4.78 is 15.0. The molecule has 0 spiro atoms. The first kappa shape index (κ1) is 43.1. The van der Waals surface area contributed by atoms with Crippen LogP contribution in [0, 0.1) is 20.8 Å². The Labute approximate surface area is 364 Å². The molecule has 8 aromatic rings. The predicted molar refractivity (Wildman–Crippen MR) is 250 cm³/mol. The zero-order valence-corrected chi connectivity index (χ0v) is 36.9. The first-order valence-electron chi connectivity index (χ1n) is 21.2. The molecular formula is C51H56N8O3. The number of aromatic nitrogens is 6. The lowest BCUT2D eigenvalue weighted by Crippen LogP contribution is -2.10. The highest BCUT2D eigenvalue weighted by atomic mass is 16.5. The second-order valence-electron chi connectivity index (χ2n) is 15.7. The summed E-state index contributed by atoms with van der Waals surface area (Å²) in [6, 6.07) is 37.8. The first-order valence-corrected chi connectivity index (χ1v) is 21.2. The summed E-state index contributed by atoms with van der Waals surface area (Å²) in [4.78, 5) is 30.0. The maximum Gasteiger partial charge on any atom is 0.305 e. The standard InChI is InChI=1S/C28H32N4O3.C23H24N4/c1-5-34-28(33)10-7-15-35-24-9-6-8-22(16-24)19(2)29-27-18-25(30-20(3)31-27)23-12-11-21-13-14-32(4)26(21)17-23;1-15-5-7-18(8-6-15)16(2)24-23-14-21(25-17(3)26-23)20-10-9-19-11-12-27(4)22(19)13-20/h6,8-9,11-14,16-19H,5,7,10,15H2,1-4H3,(H,29,30,31);5-14,16H,1-4H3,(H,24,25,26)/t;16-/m.0/s1. The summed E-state index contributed by atoms with van der Waals surface area (Å²) in [6.45, 7) is 12.9. The van der Waals surface area contributed by atoms with Crippen molar-refractivity contribution in [2.45, 2.75) is 66.5 Å². The normalized spacial score (nSPS) is 12.1. The minimum Gasteiger partial charge on any atom is -0.494 e. The number of esters is 1. The third-order valence-corrected chi connectivity index (χ3v) is 10.8. The number of benzene rings is 4. The van der Waals surface area contributed by atoms with Gasteiger partial charge in [-0.1, -0.05) is 66.2 Å². The summed E-state index contributed by atoms with van der Waals surface area (Å²) in [7, 11) is 4.11. The Kier molecular flexibility index (Phi) is 13.6. The van der Waals surface area contributed by atoms with Crippen LogP contribution in [-0.2, 0) is 23.6 Å². The Morgan fingerprint density at radius 1 is 0.645 bits per heavy atom. The van der Waals surface area contributed by atoms with Gasteiger partial charge in [-0.25, -0.2) is 19.9 Å². The first-order chi connectivity index (χ1) is 29.9. The molecule has 0 bridgehead atoms. The Morgan fingerprint density at radius 2 is 1.19 bits per heavy atom. The van der Waals surface area contributed by atoms with E-state index < -0.39 is 0 Å². The molecule has 318 valence electrons. The summed E-state index contributed by atoms with van der Waals surface area (Å²) in [5, 5.41) is 9.46. The molecule has 4 heterocycles. The highest BCUT2D eigenvalue weighted by Crippen LogP contribution is 2.29. The molecule has 0 aliphatic heterocycles. The van der Waals surface area contributed by atoms with E-state index in [2.05, 4.69) is 159 Å². The highest BCUT2D eigenvalue weighted by molar-refractivity contribution is 5.86. The number of hydrogen-bond acceptors (Lipinski definition) is 9. The molecule has 1 unspecified atom stereocenters. The van der Waals surface area contributed by atoms with E-state index in [1.807, 2.05) is 58.2 Å². The van der Waals surface area contributed by atoms with E-state index in [-0.39, 0.29) is 18.1 Å². The topological polar surface area (TPSA) is 121 Å². The lowest BCUT2D eigenvalue weighted by Gasteiger charge is -2.17. The van der Waals surface area contributed by atoms with Crippen molar-refractivity contribution in [2.24, 2.45) is 14.1 Å². The second kappa shape index (κ2) is 19.6. The fourth-order valence-corrected chi connectivity index (χ4v) is 7.40. The van der Waals surface area contributed by atoms with Crippen LogP contribution in [0.1, 0.15) is 74.0 Å². The van der Waals surface area contributed by atoms with Gasteiger partial charge >= 0.3 is 5.97 Å². The Morgan fingerprint density at radius 3 is 1.74 bits per heavy atom. The van der Waals surface area contributed by atoms with Gasteiger partial charge in [0.15, 0.2) is 0 Å². The van der Waals surface area contributed by atoms with Gasteiger partial charge in [-0.15, -0.1) is 0 Å². The predicted octanol–water partition coefficient (Wildman–Crippen LogP) is 11.3. The van der Waals surface area contributed by atoms with Crippen LogP contribution < -0.4 is 15.4 Å². The zero-order valence-electron chi connectivity index (χ0n) is 36.9. The molecule has 11 nitrogen and oxygen atoms in total. The fourth-order valence-electron chi connectivity index (χ4n) is 7.40. The van der Waals surface area contributed by atoms with Gasteiger partial charge in [-0.2, -0.15) is 0 Å². The van der Waals surface area contributed by atoms with Crippen LogP contribution in [0.5, 0.6) is 5.75 Å². The molecule has 0 aliphatic carbocycles. The Hall–Kier alpha value is -7.01. The van der Waals surface area contributed by atoms with Gasteiger partial charge in [0.05, 0.1) is 30.6 Å². The number of nitrogens with zero attached hydrogens (tertiary/aromatic N) is 6. The van der Waals surface area contributed by atoms with Crippen LogP contribution in [0.2, 0.25) is 0 Å². The third-order valence-electron chi connectivity index (χ3n) is 10.8. The van der Waals surface area contributed by atoms with E-state index in [9.17, 15) is 4.79 Å². The number of carbonyl (C=O) groups excluding carboxylic acids is 1. The molecule has 0 saturated heterocycles. The fraction of sp³-hybridized carbons (Fsp3) is 0.275. The van der Waals surface area contributed by atoms with Crippen molar-refractivity contribution in [3.8, 4) is 28.3 Å². The number of ether oxygens (including phenoxy) is 2. The Bertz CT molecular complexity index is 2790. The van der Waals surface area contributed by atoms with Crippen molar-refractivity contribution in [2.75, 3.05) is 23.8 Å². The SMILES string of the molecule is CCOC(=O)CCCOc1cccc(C(C)Nc2cc(-c3ccc4ccn(C)c4c3)nc(C)n2)c1.Cc1ccc([C@H](C)Nc2cc(-c3ccc4ccn(C)c4c3)nc(C)n2)cc1. The van der Waals surface area contributed by atoms with Crippen molar-refractivity contribution in [1.29, 1.82) is 0 Å². The number of aryl methyl sites for hydroxylation is 5. The molecule has 0 fully saturated rings. The highest BCUT2D eigenvalue weighted by Gasteiger charge is 2.13. The lowest BCUT2D eigenvalue weighted by atomic mass is 10.1. The molecule has 0 radical (unpaired) electrons. The van der Waals surface area contributed by atoms with Crippen molar-refractivity contribution in [1.82, 2.24) is 29.1 Å². The number of hydrogen-bond donors (Lipinski definition) is 2. The monoisotopic (exact) mass is 828 g/mol. The summed E-state index contributed by atoms with van der Waals surface area (Å²) in [6.07, 6.45) is 5.12. The minimum atomic E-state index is -0.189. The lowest BCUT2D eigenvalue weighted by molar-refractivity contribution is -0.143. The molecule has 8 rings (SSSR count). The average Bonchev–Trinajstić information content (AvgIpc) is 3.83. The number of carbonyl (C=O) groups is 1. The maximum atomic E-state index is 11.5. The number of rotatable bonds is 14. The van der Waals surface area contributed by atoms with Gasteiger partial charge < -0.3 is 29.2 Å². The molecule has 4 aromatic carbocycles. The van der Waals surface area contributed by atoms with E-state index in [4.69, 9.17) is 9.47 Å². The molecule has 62 heavy (non-hydrogen) atoms.